The molecule has 0 spiro atoms. The molecular formula is C12H11BrO3. The third kappa shape index (κ3) is 2.16. The number of benzene rings is 1. The van der Waals surface area contributed by atoms with Crippen LogP contribution in [-0.2, 0) is 11.2 Å². The summed E-state index contributed by atoms with van der Waals surface area (Å²) < 4.78 is 5.44. The molecule has 3 nitrogen and oxygen atoms in total. The van der Waals surface area contributed by atoms with E-state index in [0.29, 0.717) is 5.56 Å². The van der Waals surface area contributed by atoms with Crippen molar-refractivity contribution in [1.29, 1.82) is 0 Å². The summed E-state index contributed by atoms with van der Waals surface area (Å²) in [5.74, 6) is -0.0315. The van der Waals surface area contributed by atoms with Crippen molar-refractivity contribution < 1.29 is 14.3 Å². The summed E-state index contributed by atoms with van der Waals surface area (Å²) in [6.07, 6.45) is 1.86. The van der Waals surface area contributed by atoms with Gasteiger partial charge in [0.1, 0.15) is 5.75 Å². The van der Waals surface area contributed by atoms with Crippen LogP contribution in [0.4, 0.5) is 0 Å². The van der Waals surface area contributed by atoms with Gasteiger partial charge in [0, 0.05) is 5.56 Å². The zero-order valence-electron chi connectivity index (χ0n) is 8.66. The minimum Gasteiger partial charge on any atom is -0.493 e. The van der Waals surface area contributed by atoms with E-state index in [1.54, 1.807) is 18.2 Å². The molecule has 16 heavy (non-hydrogen) atoms. The lowest BCUT2D eigenvalue weighted by molar-refractivity contribution is -0.112. The predicted molar refractivity (Wildman–Crippen MR) is 63.4 cm³/mol. The van der Waals surface area contributed by atoms with E-state index in [2.05, 4.69) is 15.9 Å². The first kappa shape index (κ1) is 11.3. The van der Waals surface area contributed by atoms with Gasteiger partial charge in [0.25, 0.3) is 0 Å². The molecule has 0 aliphatic carbocycles. The van der Waals surface area contributed by atoms with Gasteiger partial charge in [-0.1, -0.05) is 15.9 Å². The van der Waals surface area contributed by atoms with E-state index in [4.69, 9.17) is 4.74 Å². The number of Topliss-reactive ketones (excluding diaryl/α,β-unsaturated/α-hetero) is 2. The van der Waals surface area contributed by atoms with Crippen molar-refractivity contribution in [3.8, 4) is 5.75 Å². The van der Waals surface area contributed by atoms with Crippen molar-refractivity contribution in [2.24, 2.45) is 0 Å². The van der Waals surface area contributed by atoms with Crippen molar-refractivity contribution in [2.45, 2.75) is 12.8 Å². The van der Waals surface area contributed by atoms with Gasteiger partial charge < -0.3 is 4.74 Å². The van der Waals surface area contributed by atoms with Crippen LogP contribution in [0.2, 0.25) is 0 Å². The van der Waals surface area contributed by atoms with Gasteiger partial charge in [-0.15, -0.1) is 0 Å². The summed E-state index contributed by atoms with van der Waals surface area (Å²) >= 11 is 2.99. The second kappa shape index (κ2) is 4.78. The molecule has 0 N–H and O–H groups in total. The van der Waals surface area contributed by atoms with E-state index in [0.717, 1.165) is 30.8 Å². The number of fused-ring (bicyclic) bond motifs is 1. The van der Waals surface area contributed by atoms with E-state index in [1.807, 2.05) is 0 Å². The number of aryl methyl sites for hydroxylation is 1. The Morgan fingerprint density at radius 1 is 1.38 bits per heavy atom. The van der Waals surface area contributed by atoms with Gasteiger partial charge in [-0.05, 0) is 36.6 Å². The van der Waals surface area contributed by atoms with E-state index in [-0.39, 0.29) is 5.33 Å². The number of carbonyl (C=O) groups is 2. The lowest BCUT2D eigenvalue weighted by Gasteiger charge is -2.17. The third-order valence-electron chi connectivity index (χ3n) is 2.55. The van der Waals surface area contributed by atoms with E-state index in [9.17, 15) is 9.59 Å². The highest BCUT2D eigenvalue weighted by Gasteiger charge is 2.17. The Bertz CT molecular complexity index is 440. The predicted octanol–water partition coefficient (Wildman–Crippen LogP) is 2.16. The molecule has 1 aliphatic heterocycles. The maximum atomic E-state index is 11.6. The molecule has 0 unspecified atom stereocenters. The Balaban J connectivity index is 2.30. The molecule has 1 aromatic rings. The first-order chi connectivity index (χ1) is 7.72. The molecule has 0 atom stereocenters. The first-order valence-electron chi connectivity index (χ1n) is 5.11. The number of halogens is 1. The lowest BCUT2D eigenvalue weighted by Crippen LogP contribution is -2.16. The number of ether oxygens (including phenoxy) is 1. The molecule has 0 aromatic heterocycles. The van der Waals surface area contributed by atoms with Gasteiger partial charge >= 0.3 is 0 Å². The number of alkyl halides is 1. The van der Waals surface area contributed by atoms with Gasteiger partial charge in [0.05, 0.1) is 11.9 Å². The third-order valence-corrected chi connectivity index (χ3v) is 3.05. The fourth-order valence-electron chi connectivity index (χ4n) is 1.72. The molecule has 2 rings (SSSR count). The minimum atomic E-state index is -0.440. The quantitative estimate of drug-likeness (QED) is 0.485. The monoisotopic (exact) mass is 282 g/mol. The molecule has 0 amide bonds. The zero-order valence-corrected chi connectivity index (χ0v) is 10.2. The van der Waals surface area contributed by atoms with Crippen molar-refractivity contribution in [2.75, 3.05) is 11.9 Å². The largest absolute Gasteiger partial charge is 0.493 e. The Morgan fingerprint density at radius 2 is 2.19 bits per heavy atom. The lowest BCUT2D eigenvalue weighted by atomic mass is 10.0. The number of rotatable bonds is 3. The molecule has 0 saturated carbocycles. The topological polar surface area (TPSA) is 43.4 Å². The molecular weight excluding hydrogens is 272 g/mol. The van der Waals surface area contributed by atoms with Crippen LogP contribution in [0.3, 0.4) is 0 Å². The second-order valence-electron chi connectivity index (χ2n) is 3.66. The highest BCUT2D eigenvalue weighted by molar-refractivity contribution is 9.09. The van der Waals surface area contributed by atoms with Gasteiger partial charge in [-0.25, -0.2) is 0 Å². The van der Waals surface area contributed by atoms with Crippen LogP contribution in [0.1, 0.15) is 22.3 Å². The van der Waals surface area contributed by atoms with E-state index < -0.39 is 11.6 Å². The number of hydrogen-bond acceptors (Lipinski definition) is 3. The molecule has 0 fully saturated rings. The van der Waals surface area contributed by atoms with E-state index in [1.165, 1.54) is 0 Å². The number of carbonyl (C=O) groups excluding carboxylic acids is 2. The van der Waals surface area contributed by atoms with Crippen LogP contribution in [0, 0.1) is 0 Å². The zero-order chi connectivity index (χ0) is 11.5. The molecule has 1 aliphatic rings. The minimum absolute atomic E-state index is 0.0689. The van der Waals surface area contributed by atoms with Gasteiger partial charge in [-0.2, -0.15) is 0 Å². The molecule has 0 bridgehead atoms. The molecule has 4 heteroatoms. The smallest absolute Gasteiger partial charge is 0.229 e. The summed E-state index contributed by atoms with van der Waals surface area (Å²) in [5, 5.41) is 0.0689. The van der Waals surface area contributed by atoms with Gasteiger partial charge in [0.2, 0.25) is 11.6 Å². The molecule has 1 aromatic carbocycles. The number of ketones is 2. The van der Waals surface area contributed by atoms with Crippen LogP contribution in [-0.4, -0.2) is 23.5 Å². The maximum Gasteiger partial charge on any atom is 0.229 e. The van der Waals surface area contributed by atoms with Crippen LogP contribution in [0.25, 0.3) is 0 Å². The van der Waals surface area contributed by atoms with Crippen molar-refractivity contribution in [1.82, 2.24) is 0 Å². The number of hydrogen-bond donors (Lipinski definition) is 0. The summed E-state index contributed by atoms with van der Waals surface area (Å²) in [7, 11) is 0. The summed E-state index contributed by atoms with van der Waals surface area (Å²) in [5.41, 5.74) is 1.47. The van der Waals surface area contributed by atoms with Crippen molar-refractivity contribution in [3.63, 3.8) is 0 Å². The Kier molecular flexibility index (Phi) is 3.39. The first-order valence-corrected chi connectivity index (χ1v) is 6.23. The highest BCUT2D eigenvalue weighted by atomic mass is 79.9. The summed E-state index contributed by atoms with van der Waals surface area (Å²) in [4.78, 5) is 22.9. The average Bonchev–Trinajstić information content (AvgIpc) is 2.36. The van der Waals surface area contributed by atoms with Crippen LogP contribution >= 0.6 is 15.9 Å². The normalized spacial score (nSPS) is 13.8. The van der Waals surface area contributed by atoms with Crippen LogP contribution < -0.4 is 4.74 Å². The van der Waals surface area contributed by atoms with Gasteiger partial charge in [-0.3, -0.25) is 9.59 Å². The Hall–Kier alpha value is -1.16. The SMILES string of the molecule is O=C(CBr)C(=O)c1ccc2c(c1)CCCO2. The fourth-order valence-corrected chi connectivity index (χ4v) is 1.98. The van der Waals surface area contributed by atoms with Crippen LogP contribution in [0.5, 0.6) is 5.75 Å². The second-order valence-corrected chi connectivity index (χ2v) is 4.22. The van der Waals surface area contributed by atoms with E-state index >= 15 is 0 Å². The van der Waals surface area contributed by atoms with Crippen LogP contribution in [0.15, 0.2) is 18.2 Å². The Morgan fingerprint density at radius 3 is 2.94 bits per heavy atom. The molecule has 0 saturated heterocycles. The summed E-state index contributed by atoms with van der Waals surface area (Å²) in [6, 6.07) is 5.17. The van der Waals surface area contributed by atoms with Crippen molar-refractivity contribution >= 4 is 27.5 Å². The highest BCUT2D eigenvalue weighted by Crippen LogP contribution is 2.25. The standard InChI is InChI=1S/C12H11BrO3/c13-7-10(14)12(15)9-3-4-11-8(6-9)2-1-5-16-11/h3-4,6H,1-2,5,7H2. The average molecular weight is 283 g/mol. The fraction of sp³-hybridized carbons (Fsp3) is 0.333. The maximum absolute atomic E-state index is 11.6. The molecule has 84 valence electrons. The van der Waals surface area contributed by atoms with Gasteiger partial charge in [0.15, 0.2) is 0 Å². The molecule has 1 heterocycles. The summed E-state index contributed by atoms with van der Waals surface area (Å²) in [6.45, 7) is 0.723. The van der Waals surface area contributed by atoms with Crippen molar-refractivity contribution in [3.05, 3.63) is 29.3 Å². The Labute approximate surface area is 102 Å². The molecule has 0 radical (unpaired) electrons.